The summed E-state index contributed by atoms with van der Waals surface area (Å²) in [6.07, 6.45) is 0.451. The fourth-order valence-corrected chi connectivity index (χ4v) is 5.53. The van der Waals surface area contributed by atoms with E-state index < -0.39 is 14.9 Å². The first-order valence-corrected chi connectivity index (χ1v) is 12.0. The Bertz CT molecular complexity index is 1120. The van der Waals surface area contributed by atoms with Gasteiger partial charge in [0.25, 0.3) is 5.69 Å². The van der Waals surface area contributed by atoms with Gasteiger partial charge >= 0.3 is 0 Å². The van der Waals surface area contributed by atoms with Crippen molar-refractivity contribution in [1.29, 1.82) is 0 Å². The fourth-order valence-electron chi connectivity index (χ4n) is 3.56. The number of nitro groups is 1. The highest BCUT2D eigenvalue weighted by atomic mass is 32.2. The van der Waals surface area contributed by atoms with E-state index in [0.717, 1.165) is 5.56 Å². The van der Waals surface area contributed by atoms with Crippen LogP contribution in [0.2, 0.25) is 0 Å². The number of carbonyl (C=O) groups excluding carboxylic acids is 1. The van der Waals surface area contributed by atoms with Gasteiger partial charge in [-0.3, -0.25) is 14.9 Å². The van der Waals surface area contributed by atoms with Crippen LogP contribution in [0.1, 0.15) is 12.5 Å². The minimum absolute atomic E-state index is 0.00844. The molecule has 2 aromatic carbocycles. The number of benzene rings is 2. The molecule has 12 heteroatoms. The highest BCUT2D eigenvalue weighted by Crippen LogP contribution is 2.25. The number of amides is 1. The van der Waals surface area contributed by atoms with Crippen LogP contribution in [0.15, 0.2) is 53.4 Å². The Morgan fingerprint density at radius 3 is 2.34 bits per heavy atom. The predicted octanol–water partition coefficient (Wildman–Crippen LogP) is 2.69. The Labute approximate surface area is 197 Å². The normalized spacial score (nSPS) is 17.1. The number of hydrogen-bond acceptors (Lipinski definition) is 6. The summed E-state index contributed by atoms with van der Waals surface area (Å²) < 4.78 is 28.2. The van der Waals surface area contributed by atoms with Crippen LogP contribution in [0, 0.1) is 10.1 Å². The second-order valence-corrected chi connectivity index (χ2v) is 10.4. The molecule has 0 aliphatic carbocycles. The lowest BCUT2D eigenvalue weighted by Gasteiger charge is -2.41. The summed E-state index contributed by atoms with van der Waals surface area (Å²) in [6, 6.07) is 11.9. The van der Waals surface area contributed by atoms with Crippen molar-refractivity contribution in [2.24, 2.45) is 0 Å². The van der Waals surface area contributed by atoms with Gasteiger partial charge in [-0.15, -0.1) is 12.6 Å². The summed E-state index contributed by atoms with van der Waals surface area (Å²) in [5.74, 6) is -0.242. The number of hydrogen-bond donors (Lipinski definition) is 2. The number of nitro benzene ring substituents is 1. The lowest BCUT2D eigenvalue weighted by molar-refractivity contribution is -0.384. The quantitative estimate of drug-likeness (QED) is 0.275. The molecule has 3 rings (SSSR count). The molecule has 2 aromatic rings. The molecule has 1 amide bonds. The second kappa shape index (κ2) is 9.94. The van der Waals surface area contributed by atoms with Crippen molar-refractivity contribution < 1.29 is 18.1 Å². The smallest absolute Gasteiger partial charge is 0.269 e. The Morgan fingerprint density at radius 1 is 1.19 bits per heavy atom. The molecule has 1 atom stereocenters. The van der Waals surface area contributed by atoms with Crippen molar-refractivity contribution in [3.63, 3.8) is 0 Å². The van der Waals surface area contributed by atoms with Gasteiger partial charge in [0.05, 0.1) is 9.82 Å². The maximum Gasteiger partial charge on any atom is 0.269 e. The van der Waals surface area contributed by atoms with Crippen LogP contribution in [-0.2, 0) is 21.2 Å². The van der Waals surface area contributed by atoms with Gasteiger partial charge in [-0.05, 0) is 36.2 Å². The molecule has 1 heterocycles. The maximum absolute atomic E-state index is 13.2. The zero-order valence-corrected chi connectivity index (χ0v) is 19.7. The number of nitrogens with zero attached hydrogens (tertiary/aromatic N) is 3. The number of rotatable bonds is 6. The van der Waals surface area contributed by atoms with E-state index in [-0.39, 0.29) is 35.6 Å². The van der Waals surface area contributed by atoms with Crippen molar-refractivity contribution in [2.45, 2.75) is 24.3 Å². The second-order valence-electron chi connectivity index (χ2n) is 7.33. The van der Waals surface area contributed by atoms with E-state index in [4.69, 9.17) is 12.2 Å². The van der Waals surface area contributed by atoms with Crippen LogP contribution in [0.25, 0.3) is 0 Å². The molecule has 170 valence electrons. The molecule has 1 aliphatic rings. The van der Waals surface area contributed by atoms with Crippen molar-refractivity contribution >= 4 is 56.5 Å². The summed E-state index contributed by atoms with van der Waals surface area (Å²) in [4.78, 5) is 23.6. The minimum atomic E-state index is -3.76. The monoisotopic (exact) mass is 494 g/mol. The van der Waals surface area contributed by atoms with Gasteiger partial charge in [0.2, 0.25) is 15.9 Å². The predicted molar refractivity (Wildman–Crippen MR) is 128 cm³/mol. The van der Waals surface area contributed by atoms with E-state index in [2.05, 4.69) is 17.9 Å². The van der Waals surface area contributed by atoms with Crippen LogP contribution in [0.5, 0.6) is 0 Å². The molecule has 0 saturated carbocycles. The molecular formula is C20H22N4O5S3. The van der Waals surface area contributed by atoms with Crippen molar-refractivity contribution in [3.8, 4) is 0 Å². The summed E-state index contributed by atoms with van der Waals surface area (Å²) in [5.41, 5.74) is 1.33. The Hall–Kier alpha value is -2.54. The Kier molecular flexibility index (Phi) is 7.49. The summed E-state index contributed by atoms with van der Waals surface area (Å²) >= 11 is 9.52. The van der Waals surface area contributed by atoms with Gasteiger partial charge in [0.15, 0.2) is 0 Å². The van der Waals surface area contributed by atoms with E-state index in [0.29, 0.717) is 23.0 Å². The number of piperazine rings is 1. The van der Waals surface area contributed by atoms with Gasteiger partial charge < -0.3 is 10.2 Å². The van der Waals surface area contributed by atoms with Gasteiger partial charge in [0.1, 0.15) is 4.32 Å². The van der Waals surface area contributed by atoms with Crippen LogP contribution in [0.4, 0.5) is 11.4 Å². The SMILES string of the molecule is CC(=O)Nc1ccc(S(=O)(=O)N2CCN(C(=S)S)C(Cc3ccc([N+](=O)[O-])cc3)C2)cc1. The Morgan fingerprint density at radius 2 is 1.81 bits per heavy atom. The first-order valence-electron chi connectivity index (χ1n) is 9.68. The van der Waals surface area contributed by atoms with E-state index in [1.807, 2.05) is 4.90 Å². The fraction of sp³-hybridized carbons (Fsp3) is 0.300. The highest BCUT2D eigenvalue weighted by Gasteiger charge is 2.34. The largest absolute Gasteiger partial charge is 0.352 e. The third kappa shape index (κ3) is 5.63. The van der Waals surface area contributed by atoms with Gasteiger partial charge in [-0.25, -0.2) is 8.42 Å². The Balaban J connectivity index is 1.80. The standard InChI is InChI=1S/C20H22N4O5S3/c1-14(25)21-16-4-8-19(9-5-16)32(28,29)22-10-11-23(20(30)31)18(13-22)12-15-2-6-17(7-3-15)24(26)27/h2-9,18H,10-13H2,1H3,(H,21,25)(H,30,31). The molecule has 32 heavy (non-hydrogen) atoms. The molecule has 9 nitrogen and oxygen atoms in total. The molecule has 1 aliphatic heterocycles. The molecular weight excluding hydrogens is 472 g/mol. The van der Waals surface area contributed by atoms with Crippen LogP contribution >= 0.6 is 24.8 Å². The summed E-state index contributed by atoms with van der Waals surface area (Å²) in [5, 5.41) is 13.5. The number of carbonyl (C=O) groups is 1. The highest BCUT2D eigenvalue weighted by molar-refractivity contribution is 8.10. The first kappa shape index (κ1) is 24.1. The topological polar surface area (TPSA) is 113 Å². The lowest BCUT2D eigenvalue weighted by atomic mass is 10.0. The van der Waals surface area contributed by atoms with E-state index in [9.17, 15) is 23.3 Å². The molecule has 0 spiro atoms. The number of sulfonamides is 1. The summed E-state index contributed by atoms with van der Waals surface area (Å²) in [6.45, 7) is 2.19. The van der Waals surface area contributed by atoms with Gasteiger partial charge in [-0.2, -0.15) is 4.31 Å². The van der Waals surface area contributed by atoms with E-state index in [1.54, 1.807) is 24.3 Å². The third-order valence-corrected chi connectivity index (χ3v) is 7.49. The average Bonchev–Trinajstić information content (AvgIpc) is 2.74. The number of anilines is 1. The molecule has 0 radical (unpaired) electrons. The van der Waals surface area contributed by atoms with Crippen molar-refractivity contribution in [3.05, 3.63) is 64.2 Å². The average molecular weight is 495 g/mol. The molecule has 0 bridgehead atoms. The molecule has 0 aromatic heterocycles. The number of nitrogens with one attached hydrogen (secondary N) is 1. The van der Waals surface area contributed by atoms with Crippen LogP contribution in [-0.4, -0.2) is 58.5 Å². The number of thiol groups is 1. The van der Waals surface area contributed by atoms with Gasteiger partial charge in [0, 0.05) is 50.4 Å². The van der Waals surface area contributed by atoms with Crippen molar-refractivity contribution in [1.82, 2.24) is 9.21 Å². The molecule has 1 N–H and O–H groups in total. The lowest BCUT2D eigenvalue weighted by Crippen LogP contribution is -2.56. The zero-order valence-electron chi connectivity index (χ0n) is 17.2. The zero-order chi connectivity index (χ0) is 23.5. The minimum Gasteiger partial charge on any atom is -0.352 e. The molecule has 1 unspecified atom stereocenters. The maximum atomic E-state index is 13.2. The van der Waals surface area contributed by atoms with E-state index >= 15 is 0 Å². The third-order valence-electron chi connectivity index (χ3n) is 5.12. The number of thiocarbonyl (C=S) groups is 1. The molecule has 1 fully saturated rings. The summed E-state index contributed by atoms with van der Waals surface area (Å²) in [7, 11) is -3.76. The number of non-ortho nitro benzene ring substituents is 1. The van der Waals surface area contributed by atoms with Gasteiger partial charge in [-0.1, -0.05) is 24.4 Å². The van der Waals surface area contributed by atoms with Crippen LogP contribution < -0.4 is 5.32 Å². The first-order chi connectivity index (χ1) is 15.1. The van der Waals surface area contributed by atoms with E-state index in [1.165, 1.54) is 35.5 Å². The molecule has 1 saturated heterocycles. The van der Waals surface area contributed by atoms with Crippen molar-refractivity contribution in [2.75, 3.05) is 25.0 Å². The van der Waals surface area contributed by atoms with Crippen LogP contribution in [0.3, 0.4) is 0 Å².